The van der Waals surface area contributed by atoms with Crippen LogP contribution in [0, 0.1) is 5.82 Å². The lowest BCUT2D eigenvalue weighted by Gasteiger charge is -2.35. The molecular weight excluding hydrogens is 371 g/mol. The summed E-state index contributed by atoms with van der Waals surface area (Å²) in [6.45, 7) is 4.62. The molecule has 1 saturated heterocycles. The molecule has 1 fully saturated rings. The minimum absolute atomic E-state index is 0.103. The van der Waals surface area contributed by atoms with Gasteiger partial charge in [0.2, 0.25) is 0 Å². The number of para-hydroxylation sites is 1. The molecule has 0 aliphatic carbocycles. The molecule has 1 N–H and O–H groups in total. The highest BCUT2D eigenvalue weighted by atomic mass is 32.2. The number of carbonyl (C=O) groups excluding carboxylic acids is 1. The molecule has 3 rings (SSSR count). The van der Waals surface area contributed by atoms with Crippen molar-refractivity contribution in [1.29, 1.82) is 0 Å². The molecule has 2 atom stereocenters. The zero-order valence-electron chi connectivity index (χ0n) is 15.1. The van der Waals surface area contributed by atoms with E-state index in [2.05, 4.69) is 4.72 Å². The van der Waals surface area contributed by atoms with Gasteiger partial charge in [-0.1, -0.05) is 18.2 Å². The molecule has 1 aliphatic heterocycles. The first-order valence-electron chi connectivity index (χ1n) is 8.58. The van der Waals surface area contributed by atoms with Crippen LogP contribution in [-0.2, 0) is 14.8 Å². The summed E-state index contributed by atoms with van der Waals surface area (Å²) >= 11 is 0. The first-order valence-corrected chi connectivity index (χ1v) is 10.1. The van der Waals surface area contributed by atoms with Crippen LogP contribution in [-0.4, -0.2) is 44.5 Å². The molecule has 1 amide bonds. The van der Waals surface area contributed by atoms with Crippen molar-refractivity contribution >= 4 is 21.6 Å². The van der Waals surface area contributed by atoms with Gasteiger partial charge in [-0.25, -0.2) is 12.8 Å². The Hall–Kier alpha value is -2.45. The number of amides is 1. The summed E-state index contributed by atoms with van der Waals surface area (Å²) < 4.78 is 46.6. The first-order chi connectivity index (χ1) is 12.8. The average molecular weight is 392 g/mol. The average Bonchev–Trinajstić information content (AvgIpc) is 2.60. The fraction of sp³-hybridized carbons (Fsp3) is 0.316. The van der Waals surface area contributed by atoms with Crippen molar-refractivity contribution in [3.63, 3.8) is 0 Å². The predicted octanol–water partition coefficient (Wildman–Crippen LogP) is 2.88. The zero-order valence-corrected chi connectivity index (χ0v) is 15.9. The zero-order chi connectivity index (χ0) is 19.6. The van der Waals surface area contributed by atoms with E-state index in [9.17, 15) is 17.6 Å². The highest BCUT2D eigenvalue weighted by Gasteiger charge is 2.28. The van der Waals surface area contributed by atoms with Crippen LogP contribution in [0.1, 0.15) is 24.2 Å². The van der Waals surface area contributed by atoms with Crippen molar-refractivity contribution in [3.05, 3.63) is 59.9 Å². The molecule has 2 aromatic rings. The largest absolute Gasteiger partial charge is 0.372 e. The summed E-state index contributed by atoms with van der Waals surface area (Å²) in [6.07, 6.45) is -0.206. The number of nitrogens with one attached hydrogen (secondary N) is 1. The summed E-state index contributed by atoms with van der Waals surface area (Å²) in [5, 5.41) is 0. The Morgan fingerprint density at radius 1 is 1.11 bits per heavy atom. The fourth-order valence-corrected chi connectivity index (χ4v) is 4.22. The lowest BCUT2D eigenvalue weighted by atomic mass is 10.1. The Bertz CT molecular complexity index is 938. The molecule has 6 nitrogen and oxygen atoms in total. The van der Waals surface area contributed by atoms with E-state index in [0.29, 0.717) is 13.1 Å². The number of hydrogen-bond acceptors (Lipinski definition) is 4. The SMILES string of the molecule is CC1CN(C(=O)c2ccccc2NS(=O)(=O)c2cccc(F)c2)CC(C)O1. The number of morpholine rings is 1. The second-order valence-corrected chi connectivity index (χ2v) is 8.26. The molecular formula is C19H21FN2O4S. The van der Waals surface area contributed by atoms with Gasteiger partial charge >= 0.3 is 0 Å². The molecule has 27 heavy (non-hydrogen) atoms. The fourth-order valence-electron chi connectivity index (χ4n) is 3.11. The third-order valence-electron chi connectivity index (χ3n) is 4.21. The molecule has 0 radical (unpaired) electrons. The highest BCUT2D eigenvalue weighted by molar-refractivity contribution is 7.92. The minimum Gasteiger partial charge on any atom is -0.372 e. The van der Waals surface area contributed by atoms with Crippen LogP contribution >= 0.6 is 0 Å². The van der Waals surface area contributed by atoms with Crippen LogP contribution in [0.2, 0.25) is 0 Å². The van der Waals surface area contributed by atoms with Gasteiger partial charge in [-0.3, -0.25) is 9.52 Å². The van der Waals surface area contributed by atoms with Crippen molar-refractivity contribution in [2.45, 2.75) is 31.0 Å². The number of rotatable bonds is 4. The van der Waals surface area contributed by atoms with Crippen LogP contribution in [0.25, 0.3) is 0 Å². The first kappa shape index (κ1) is 19.3. The molecule has 2 unspecified atom stereocenters. The Kier molecular flexibility index (Phi) is 5.48. The Morgan fingerprint density at radius 2 is 1.78 bits per heavy atom. The third-order valence-corrected chi connectivity index (χ3v) is 5.58. The predicted molar refractivity (Wildman–Crippen MR) is 99.6 cm³/mol. The van der Waals surface area contributed by atoms with E-state index < -0.39 is 15.8 Å². The lowest BCUT2D eigenvalue weighted by molar-refractivity contribution is -0.0585. The van der Waals surface area contributed by atoms with E-state index in [0.717, 1.165) is 12.1 Å². The van der Waals surface area contributed by atoms with Gasteiger partial charge in [-0.15, -0.1) is 0 Å². The number of benzene rings is 2. The Morgan fingerprint density at radius 3 is 2.44 bits per heavy atom. The van der Waals surface area contributed by atoms with Gasteiger partial charge in [-0.05, 0) is 44.2 Å². The van der Waals surface area contributed by atoms with Gasteiger partial charge in [-0.2, -0.15) is 0 Å². The van der Waals surface area contributed by atoms with Gasteiger partial charge in [0.1, 0.15) is 5.82 Å². The van der Waals surface area contributed by atoms with E-state index in [4.69, 9.17) is 4.74 Å². The standard InChI is InChI=1S/C19H21FN2O4S/c1-13-11-22(12-14(2)26-13)19(23)17-8-3-4-9-18(17)21-27(24,25)16-7-5-6-15(20)10-16/h3-10,13-14,21H,11-12H2,1-2H3. The van der Waals surface area contributed by atoms with E-state index >= 15 is 0 Å². The summed E-state index contributed by atoms with van der Waals surface area (Å²) in [7, 11) is -4.03. The number of anilines is 1. The maximum Gasteiger partial charge on any atom is 0.262 e. The molecule has 144 valence electrons. The summed E-state index contributed by atoms with van der Waals surface area (Å²) in [5.74, 6) is -0.937. The monoisotopic (exact) mass is 392 g/mol. The van der Waals surface area contributed by atoms with Crippen molar-refractivity contribution in [1.82, 2.24) is 4.90 Å². The summed E-state index contributed by atoms with van der Waals surface area (Å²) in [4.78, 5) is 14.4. The second-order valence-electron chi connectivity index (χ2n) is 6.58. The Labute approximate surface area is 158 Å². The molecule has 8 heteroatoms. The lowest BCUT2D eigenvalue weighted by Crippen LogP contribution is -2.48. The van der Waals surface area contributed by atoms with Gasteiger partial charge < -0.3 is 9.64 Å². The normalized spacial score (nSPS) is 20.3. The second kappa shape index (κ2) is 7.66. The third kappa shape index (κ3) is 4.45. The summed E-state index contributed by atoms with van der Waals surface area (Å²) in [6, 6.07) is 11.1. The molecule has 0 saturated carbocycles. The van der Waals surface area contributed by atoms with E-state index in [1.165, 1.54) is 18.2 Å². The van der Waals surface area contributed by atoms with E-state index in [1.54, 1.807) is 23.1 Å². The molecule has 0 spiro atoms. The number of nitrogens with zero attached hydrogens (tertiary/aromatic N) is 1. The van der Waals surface area contributed by atoms with Crippen molar-refractivity contribution < 1.29 is 22.3 Å². The molecule has 1 aliphatic rings. The van der Waals surface area contributed by atoms with E-state index in [1.807, 2.05) is 13.8 Å². The number of hydrogen-bond donors (Lipinski definition) is 1. The van der Waals surface area contributed by atoms with Crippen molar-refractivity contribution in [3.8, 4) is 0 Å². The van der Waals surface area contributed by atoms with Gasteiger partial charge in [0, 0.05) is 13.1 Å². The van der Waals surface area contributed by atoms with Gasteiger partial charge in [0.05, 0.1) is 28.4 Å². The molecule has 2 aromatic carbocycles. The smallest absolute Gasteiger partial charge is 0.262 e. The topological polar surface area (TPSA) is 75.7 Å². The maximum absolute atomic E-state index is 13.4. The van der Waals surface area contributed by atoms with Crippen LogP contribution in [0.5, 0.6) is 0 Å². The minimum atomic E-state index is -4.03. The number of carbonyl (C=O) groups is 1. The molecule has 0 aromatic heterocycles. The summed E-state index contributed by atoms with van der Waals surface area (Å²) in [5.41, 5.74) is 0.386. The van der Waals surface area contributed by atoms with E-state index in [-0.39, 0.29) is 34.3 Å². The van der Waals surface area contributed by atoms with Crippen molar-refractivity contribution in [2.24, 2.45) is 0 Å². The number of ether oxygens (including phenoxy) is 1. The Balaban J connectivity index is 1.89. The highest BCUT2D eigenvalue weighted by Crippen LogP contribution is 2.23. The van der Waals surface area contributed by atoms with Gasteiger partial charge in [0.15, 0.2) is 0 Å². The van der Waals surface area contributed by atoms with Crippen LogP contribution < -0.4 is 4.72 Å². The number of sulfonamides is 1. The maximum atomic E-state index is 13.4. The van der Waals surface area contributed by atoms with Crippen LogP contribution in [0.4, 0.5) is 10.1 Å². The van der Waals surface area contributed by atoms with Crippen molar-refractivity contribution in [2.75, 3.05) is 17.8 Å². The van der Waals surface area contributed by atoms with Crippen LogP contribution in [0.3, 0.4) is 0 Å². The molecule has 0 bridgehead atoms. The number of halogens is 1. The van der Waals surface area contributed by atoms with Gasteiger partial charge in [0.25, 0.3) is 15.9 Å². The van der Waals surface area contributed by atoms with Crippen LogP contribution in [0.15, 0.2) is 53.4 Å². The molecule has 1 heterocycles. The quantitative estimate of drug-likeness (QED) is 0.868.